The zero-order chi connectivity index (χ0) is 22.2. The number of rotatable bonds is 6. The molecular weight excluding hydrogens is 430 g/mol. The lowest BCUT2D eigenvalue weighted by molar-refractivity contribution is -0.132. The second-order valence-electron chi connectivity index (χ2n) is 8.03. The van der Waals surface area contributed by atoms with Crippen LogP contribution >= 0.6 is 11.6 Å². The number of nitrogen functional groups attached to an aromatic ring is 1. The highest BCUT2D eigenvalue weighted by Gasteiger charge is 2.29. The van der Waals surface area contributed by atoms with Gasteiger partial charge in [0.2, 0.25) is 6.29 Å². The Bertz CT molecular complexity index is 1260. The molecule has 1 unspecified atom stereocenters. The van der Waals surface area contributed by atoms with Gasteiger partial charge in [-0.25, -0.2) is 9.97 Å². The van der Waals surface area contributed by atoms with Crippen LogP contribution in [0.5, 0.6) is 0 Å². The number of benzene rings is 2. The summed E-state index contributed by atoms with van der Waals surface area (Å²) in [5.74, 6) is 0.295. The Hall–Kier alpha value is -3.04. The van der Waals surface area contributed by atoms with Gasteiger partial charge in [0, 0.05) is 16.5 Å². The van der Waals surface area contributed by atoms with E-state index in [-0.39, 0.29) is 23.5 Å². The number of aromatic nitrogens is 4. The number of nitrogens with zero attached hydrogens (tertiary/aromatic N) is 3. The number of ether oxygens (including phenoxy) is 1. The summed E-state index contributed by atoms with van der Waals surface area (Å²) in [6.07, 6.45) is 1.38. The first kappa shape index (κ1) is 20.8. The predicted octanol–water partition coefficient (Wildman–Crippen LogP) is 3.70. The van der Waals surface area contributed by atoms with E-state index in [1.807, 2.05) is 36.4 Å². The number of aromatic amines is 1. The Balaban J connectivity index is 1.57. The second kappa shape index (κ2) is 8.48. The molecule has 0 spiro atoms. The van der Waals surface area contributed by atoms with Crippen molar-refractivity contribution in [3.05, 3.63) is 59.4 Å². The Morgan fingerprint density at radius 1 is 1.12 bits per heavy atom. The minimum absolute atomic E-state index is 0.0873. The molecule has 164 valence electrons. The van der Waals surface area contributed by atoms with Gasteiger partial charge in [-0.05, 0) is 30.9 Å². The molecule has 2 heterocycles. The average molecular weight is 452 g/mol. The van der Waals surface area contributed by atoms with Crippen molar-refractivity contribution >= 4 is 28.3 Å². The van der Waals surface area contributed by atoms with Crippen LogP contribution in [0.3, 0.4) is 0 Å². The maximum Gasteiger partial charge on any atom is 0.202 e. The summed E-state index contributed by atoms with van der Waals surface area (Å²) in [6.45, 7) is 0.307. The SMILES string of the molecule is Nc1nc(-c2ccccc2)c(-c2cc(Cl)c3[nH]ncc3c2)nc1C(O)OCC1CC(O)C1. The third-order valence-corrected chi connectivity index (χ3v) is 6.01. The quantitative estimate of drug-likeness (QED) is 0.329. The highest BCUT2D eigenvalue weighted by molar-refractivity contribution is 6.35. The van der Waals surface area contributed by atoms with Gasteiger partial charge in [0.05, 0.1) is 40.8 Å². The molecule has 0 saturated heterocycles. The van der Waals surface area contributed by atoms with Crippen molar-refractivity contribution in [3.8, 4) is 22.5 Å². The van der Waals surface area contributed by atoms with Crippen molar-refractivity contribution in [3.63, 3.8) is 0 Å². The van der Waals surface area contributed by atoms with Crippen LogP contribution < -0.4 is 5.73 Å². The largest absolute Gasteiger partial charge is 0.393 e. The zero-order valence-electron chi connectivity index (χ0n) is 17.1. The van der Waals surface area contributed by atoms with Crippen LogP contribution in [0.15, 0.2) is 48.7 Å². The topological polar surface area (TPSA) is 130 Å². The Kier molecular flexibility index (Phi) is 5.52. The number of nitrogens with one attached hydrogen (secondary N) is 1. The van der Waals surface area contributed by atoms with Gasteiger partial charge in [-0.1, -0.05) is 41.9 Å². The van der Waals surface area contributed by atoms with E-state index in [2.05, 4.69) is 20.2 Å². The second-order valence-corrected chi connectivity index (χ2v) is 8.43. The predicted molar refractivity (Wildman–Crippen MR) is 122 cm³/mol. The molecule has 1 atom stereocenters. The average Bonchev–Trinajstić information content (AvgIpc) is 3.25. The molecule has 2 aromatic heterocycles. The van der Waals surface area contributed by atoms with Crippen LogP contribution in [-0.2, 0) is 4.74 Å². The van der Waals surface area contributed by atoms with Crippen molar-refractivity contribution in [2.75, 3.05) is 12.3 Å². The summed E-state index contributed by atoms with van der Waals surface area (Å²) in [5.41, 5.74) is 9.69. The third-order valence-electron chi connectivity index (χ3n) is 5.71. The van der Waals surface area contributed by atoms with Crippen molar-refractivity contribution < 1.29 is 14.9 Å². The Morgan fingerprint density at radius 3 is 2.62 bits per heavy atom. The lowest BCUT2D eigenvalue weighted by atomic mass is 9.83. The van der Waals surface area contributed by atoms with E-state index in [1.54, 1.807) is 12.3 Å². The number of fused-ring (bicyclic) bond motifs is 1. The number of hydrogen-bond acceptors (Lipinski definition) is 7. The van der Waals surface area contributed by atoms with Gasteiger partial charge in [0.1, 0.15) is 5.69 Å². The van der Waals surface area contributed by atoms with E-state index in [0.29, 0.717) is 41.4 Å². The van der Waals surface area contributed by atoms with Gasteiger partial charge in [0.15, 0.2) is 5.82 Å². The molecule has 32 heavy (non-hydrogen) atoms. The Labute approximate surface area is 189 Å². The van der Waals surface area contributed by atoms with E-state index in [1.165, 1.54) is 0 Å². The smallest absolute Gasteiger partial charge is 0.202 e. The molecule has 1 fully saturated rings. The summed E-state index contributed by atoms with van der Waals surface area (Å²) in [6, 6.07) is 13.2. The summed E-state index contributed by atoms with van der Waals surface area (Å²) >= 11 is 6.47. The van der Waals surface area contributed by atoms with Crippen LogP contribution in [0, 0.1) is 5.92 Å². The van der Waals surface area contributed by atoms with Crippen LogP contribution in [0.1, 0.15) is 24.8 Å². The molecular formula is C23H22ClN5O3. The van der Waals surface area contributed by atoms with Gasteiger partial charge in [-0.3, -0.25) is 5.10 Å². The van der Waals surface area contributed by atoms with Crippen LogP contribution in [0.2, 0.25) is 5.02 Å². The van der Waals surface area contributed by atoms with Crippen molar-refractivity contribution in [2.24, 2.45) is 5.92 Å². The number of H-pyrrole nitrogens is 1. The molecule has 0 radical (unpaired) electrons. The van der Waals surface area contributed by atoms with Gasteiger partial charge in [-0.2, -0.15) is 5.10 Å². The first-order chi connectivity index (χ1) is 15.5. The maximum absolute atomic E-state index is 10.7. The van der Waals surface area contributed by atoms with Gasteiger partial charge in [-0.15, -0.1) is 0 Å². The summed E-state index contributed by atoms with van der Waals surface area (Å²) in [7, 11) is 0. The molecule has 1 saturated carbocycles. The summed E-state index contributed by atoms with van der Waals surface area (Å²) in [4.78, 5) is 9.27. The lowest BCUT2D eigenvalue weighted by Gasteiger charge is -2.31. The van der Waals surface area contributed by atoms with Gasteiger partial charge >= 0.3 is 0 Å². The molecule has 1 aliphatic carbocycles. The normalized spacial score (nSPS) is 19.1. The molecule has 5 rings (SSSR count). The highest BCUT2D eigenvalue weighted by atomic mass is 35.5. The Morgan fingerprint density at radius 2 is 1.88 bits per heavy atom. The van der Waals surface area contributed by atoms with Crippen LogP contribution in [-0.4, -0.2) is 43.1 Å². The fraction of sp³-hybridized carbons (Fsp3) is 0.261. The van der Waals surface area contributed by atoms with E-state index in [0.717, 1.165) is 16.5 Å². The molecule has 8 nitrogen and oxygen atoms in total. The standard InChI is InChI=1S/C23H22ClN5O3/c24-17-9-14(8-15-10-26-29-18(15)17)20-19(13-4-2-1-3-5-13)28-22(25)21(27-20)23(31)32-11-12-6-16(30)7-12/h1-5,8-10,12,16,23,30-31H,6-7,11H2,(H2,25,28)(H,26,29). The molecule has 5 N–H and O–H groups in total. The third kappa shape index (κ3) is 3.93. The summed E-state index contributed by atoms with van der Waals surface area (Å²) in [5, 5.41) is 28.4. The minimum Gasteiger partial charge on any atom is -0.393 e. The first-order valence-electron chi connectivity index (χ1n) is 10.3. The summed E-state index contributed by atoms with van der Waals surface area (Å²) < 4.78 is 5.60. The molecule has 9 heteroatoms. The monoisotopic (exact) mass is 451 g/mol. The molecule has 0 aliphatic heterocycles. The fourth-order valence-corrected chi connectivity index (χ4v) is 4.20. The lowest BCUT2D eigenvalue weighted by Crippen LogP contribution is -2.32. The number of halogens is 1. The molecule has 0 bridgehead atoms. The minimum atomic E-state index is -1.34. The van der Waals surface area contributed by atoms with Crippen LogP contribution in [0.25, 0.3) is 33.4 Å². The highest BCUT2D eigenvalue weighted by Crippen LogP contribution is 2.36. The molecule has 1 aliphatic rings. The molecule has 0 amide bonds. The van der Waals surface area contributed by atoms with Gasteiger partial charge < -0.3 is 20.7 Å². The van der Waals surface area contributed by atoms with E-state index in [9.17, 15) is 10.2 Å². The van der Waals surface area contributed by atoms with Gasteiger partial charge in [0.25, 0.3) is 0 Å². The van der Waals surface area contributed by atoms with E-state index >= 15 is 0 Å². The zero-order valence-corrected chi connectivity index (χ0v) is 17.8. The number of aliphatic hydroxyl groups is 2. The number of nitrogens with two attached hydrogens (primary N) is 1. The van der Waals surface area contributed by atoms with Crippen molar-refractivity contribution in [1.82, 2.24) is 20.2 Å². The number of anilines is 1. The molecule has 4 aromatic rings. The van der Waals surface area contributed by atoms with E-state index in [4.69, 9.17) is 22.1 Å². The first-order valence-corrected chi connectivity index (χ1v) is 10.7. The maximum atomic E-state index is 10.7. The van der Waals surface area contributed by atoms with Crippen molar-refractivity contribution in [1.29, 1.82) is 0 Å². The van der Waals surface area contributed by atoms with Crippen molar-refractivity contribution in [2.45, 2.75) is 25.2 Å². The fourth-order valence-electron chi connectivity index (χ4n) is 3.94. The van der Waals surface area contributed by atoms with Crippen LogP contribution in [0.4, 0.5) is 5.82 Å². The number of aliphatic hydroxyl groups excluding tert-OH is 2. The number of hydrogen-bond donors (Lipinski definition) is 4. The molecule has 2 aromatic carbocycles. The van der Waals surface area contributed by atoms with E-state index < -0.39 is 6.29 Å².